The fraction of sp³-hybridized carbons (Fsp3) is 0.143. The van der Waals surface area contributed by atoms with E-state index in [0.29, 0.717) is 16.7 Å². The highest BCUT2D eigenvalue weighted by atomic mass is 35.5. The van der Waals surface area contributed by atoms with Gasteiger partial charge in [0.05, 0.1) is 15.5 Å². The molecule has 0 spiro atoms. The van der Waals surface area contributed by atoms with Crippen molar-refractivity contribution in [3.63, 3.8) is 0 Å². The lowest BCUT2D eigenvalue weighted by Crippen LogP contribution is -2.24. The highest BCUT2D eigenvalue weighted by molar-refractivity contribution is 7.89. The molecule has 0 amide bonds. The third kappa shape index (κ3) is 4.38. The SMILES string of the molecule is O=S(=O)(NCc1ccccc1Cl)c1ccc(Cl)c(C(F)(F)F)c1. The third-order valence-electron chi connectivity index (χ3n) is 2.96. The first-order chi connectivity index (χ1) is 10.6. The zero-order valence-corrected chi connectivity index (χ0v) is 13.7. The Kier molecular flexibility index (Phi) is 5.25. The summed E-state index contributed by atoms with van der Waals surface area (Å²) in [7, 11) is -4.14. The van der Waals surface area contributed by atoms with E-state index in [2.05, 4.69) is 4.72 Å². The average molecular weight is 384 g/mol. The van der Waals surface area contributed by atoms with Crippen molar-refractivity contribution in [3.8, 4) is 0 Å². The Morgan fingerprint density at radius 2 is 1.65 bits per heavy atom. The Morgan fingerprint density at radius 1 is 1.00 bits per heavy atom. The molecule has 0 saturated carbocycles. The van der Waals surface area contributed by atoms with Gasteiger partial charge in [-0.25, -0.2) is 13.1 Å². The zero-order valence-electron chi connectivity index (χ0n) is 11.4. The van der Waals surface area contributed by atoms with Gasteiger partial charge in [0.2, 0.25) is 10.0 Å². The van der Waals surface area contributed by atoms with Gasteiger partial charge in [-0.3, -0.25) is 0 Å². The van der Waals surface area contributed by atoms with E-state index in [0.717, 1.165) is 12.1 Å². The second-order valence-corrected chi connectivity index (χ2v) is 7.14. The molecule has 0 aliphatic rings. The van der Waals surface area contributed by atoms with Crippen LogP contribution in [0.1, 0.15) is 11.1 Å². The molecule has 0 aliphatic heterocycles. The molecule has 1 N–H and O–H groups in total. The first kappa shape index (κ1) is 18.1. The Labute approximate surface area is 141 Å². The van der Waals surface area contributed by atoms with Gasteiger partial charge in [-0.1, -0.05) is 41.4 Å². The van der Waals surface area contributed by atoms with Crippen molar-refractivity contribution in [1.29, 1.82) is 0 Å². The molecule has 2 rings (SSSR count). The van der Waals surface area contributed by atoms with Crippen molar-refractivity contribution < 1.29 is 21.6 Å². The molecule has 9 heteroatoms. The minimum absolute atomic E-state index is 0.147. The quantitative estimate of drug-likeness (QED) is 0.845. The highest BCUT2D eigenvalue weighted by Gasteiger charge is 2.34. The maximum Gasteiger partial charge on any atom is 0.417 e. The van der Waals surface area contributed by atoms with Gasteiger partial charge in [0.15, 0.2) is 0 Å². The van der Waals surface area contributed by atoms with Gasteiger partial charge >= 0.3 is 6.18 Å². The van der Waals surface area contributed by atoms with E-state index >= 15 is 0 Å². The van der Waals surface area contributed by atoms with Gasteiger partial charge in [-0.05, 0) is 29.8 Å². The lowest BCUT2D eigenvalue weighted by atomic mass is 10.2. The second kappa shape index (κ2) is 6.68. The molecule has 0 bridgehead atoms. The summed E-state index contributed by atoms with van der Waals surface area (Å²) in [5.74, 6) is 0. The van der Waals surface area contributed by atoms with E-state index in [9.17, 15) is 21.6 Å². The smallest absolute Gasteiger partial charge is 0.207 e. The molecule has 0 heterocycles. The van der Waals surface area contributed by atoms with E-state index < -0.39 is 31.7 Å². The Balaban J connectivity index is 2.28. The van der Waals surface area contributed by atoms with E-state index in [-0.39, 0.29) is 6.54 Å². The van der Waals surface area contributed by atoms with Gasteiger partial charge in [-0.15, -0.1) is 0 Å². The van der Waals surface area contributed by atoms with Gasteiger partial charge in [-0.2, -0.15) is 13.2 Å². The summed E-state index contributed by atoms with van der Waals surface area (Å²) in [5.41, 5.74) is -0.706. The normalized spacial score (nSPS) is 12.4. The van der Waals surface area contributed by atoms with Crippen molar-refractivity contribution in [1.82, 2.24) is 4.72 Å². The Bertz CT molecular complexity index is 823. The number of benzene rings is 2. The number of hydrogen-bond donors (Lipinski definition) is 1. The van der Waals surface area contributed by atoms with Gasteiger partial charge in [0.25, 0.3) is 0 Å². The molecule has 3 nitrogen and oxygen atoms in total. The Hall–Kier alpha value is -1.28. The summed E-state index contributed by atoms with van der Waals surface area (Å²) >= 11 is 11.4. The van der Waals surface area contributed by atoms with Gasteiger partial charge < -0.3 is 0 Å². The summed E-state index contributed by atoms with van der Waals surface area (Å²) in [6.07, 6.45) is -4.74. The first-order valence-electron chi connectivity index (χ1n) is 6.21. The molecule has 0 radical (unpaired) electrons. The summed E-state index contributed by atoms with van der Waals surface area (Å²) in [6.45, 7) is -0.147. The van der Waals surface area contributed by atoms with E-state index in [1.54, 1.807) is 24.3 Å². The third-order valence-corrected chi connectivity index (χ3v) is 5.06. The number of alkyl halides is 3. The molecule has 2 aromatic carbocycles. The van der Waals surface area contributed by atoms with Crippen LogP contribution in [0.15, 0.2) is 47.4 Å². The van der Waals surface area contributed by atoms with Crippen LogP contribution in [0.25, 0.3) is 0 Å². The largest absolute Gasteiger partial charge is 0.417 e. The number of nitrogens with one attached hydrogen (secondary N) is 1. The predicted molar refractivity (Wildman–Crippen MR) is 81.9 cm³/mol. The second-order valence-electron chi connectivity index (χ2n) is 4.56. The van der Waals surface area contributed by atoms with Crippen molar-refractivity contribution in [2.45, 2.75) is 17.6 Å². The molecule has 0 atom stereocenters. The fourth-order valence-corrected chi connectivity index (χ4v) is 3.25. The molecule has 0 unspecified atom stereocenters. The van der Waals surface area contributed by atoms with Crippen LogP contribution in [0.4, 0.5) is 13.2 Å². The number of sulfonamides is 1. The minimum Gasteiger partial charge on any atom is -0.207 e. The van der Waals surface area contributed by atoms with Crippen LogP contribution in [0.3, 0.4) is 0 Å². The minimum atomic E-state index is -4.74. The molecular formula is C14H10Cl2F3NO2S. The molecule has 0 aliphatic carbocycles. The lowest BCUT2D eigenvalue weighted by molar-refractivity contribution is -0.137. The maximum atomic E-state index is 12.8. The molecule has 124 valence electrons. The van der Waals surface area contributed by atoms with E-state index in [1.807, 2.05) is 0 Å². The predicted octanol–water partition coefficient (Wildman–Crippen LogP) is 4.49. The standard InChI is InChI=1S/C14H10Cl2F3NO2S/c15-12-4-2-1-3-9(12)8-20-23(21,22)10-5-6-13(16)11(7-10)14(17,18)19/h1-7,20H,8H2. The van der Waals surface area contributed by atoms with Crippen LogP contribution in [-0.4, -0.2) is 8.42 Å². The molecule has 0 fully saturated rings. The van der Waals surface area contributed by atoms with Gasteiger partial charge in [0, 0.05) is 11.6 Å². The van der Waals surface area contributed by atoms with Gasteiger partial charge in [0.1, 0.15) is 0 Å². The molecule has 0 saturated heterocycles. The van der Waals surface area contributed by atoms with Crippen LogP contribution in [-0.2, 0) is 22.7 Å². The molecule has 2 aromatic rings. The topological polar surface area (TPSA) is 46.2 Å². The average Bonchev–Trinajstić information content (AvgIpc) is 2.45. The number of hydrogen-bond acceptors (Lipinski definition) is 2. The summed E-state index contributed by atoms with van der Waals surface area (Å²) < 4.78 is 64.9. The monoisotopic (exact) mass is 383 g/mol. The summed E-state index contributed by atoms with van der Waals surface area (Å²) in [4.78, 5) is -0.527. The number of rotatable bonds is 4. The lowest BCUT2D eigenvalue weighted by Gasteiger charge is -2.12. The fourth-order valence-electron chi connectivity index (χ4n) is 1.79. The summed E-state index contributed by atoms with van der Waals surface area (Å²) in [6, 6.07) is 8.93. The van der Waals surface area contributed by atoms with Crippen molar-refractivity contribution in [3.05, 3.63) is 63.6 Å². The van der Waals surface area contributed by atoms with Crippen LogP contribution in [0.5, 0.6) is 0 Å². The molecular weight excluding hydrogens is 374 g/mol. The first-order valence-corrected chi connectivity index (χ1v) is 8.45. The maximum absolute atomic E-state index is 12.8. The molecule has 23 heavy (non-hydrogen) atoms. The van der Waals surface area contributed by atoms with Crippen LogP contribution in [0, 0.1) is 0 Å². The van der Waals surface area contributed by atoms with Crippen LogP contribution >= 0.6 is 23.2 Å². The van der Waals surface area contributed by atoms with Crippen molar-refractivity contribution in [2.75, 3.05) is 0 Å². The van der Waals surface area contributed by atoms with Crippen molar-refractivity contribution >= 4 is 33.2 Å². The van der Waals surface area contributed by atoms with Crippen LogP contribution in [0.2, 0.25) is 10.0 Å². The van der Waals surface area contributed by atoms with Crippen LogP contribution < -0.4 is 4.72 Å². The molecule has 0 aromatic heterocycles. The zero-order chi connectivity index (χ0) is 17.3. The summed E-state index contributed by atoms with van der Waals surface area (Å²) in [5, 5.41) is -0.218. The highest BCUT2D eigenvalue weighted by Crippen LogP contribution is 2.35. The number of halogens is 5. The van der Waals surface area contributed by atoms with Crippen molar-refractivity contribution in [2.24, 2.45) is 0 Å². The Morgan fingerprint density at radius 3 is 2.26 bits per heavy atom. The van der Waals surface area contributed by atoms with E-state index in [4.69, 9.17) is 23.2 Å². The van der Waals surface area contributed by atoms with E-state index in [1.165, 1.54) is 0 Å².